The number of rotatable bonds is 3. The van der Waals surface area contributed by atoms with Gasteiger partial charge in [0.2, 0.25) is 0 Å². The fourth-order valence-electron chi connectivity index (χ4n) is 1.95. The van der Waals surface area contributed by atoms with Crippen molar-refractivity contribution in [2.75, 3.05) is 0 Å². The summed E-state index contributed by atoms with van der Waals surface area (Å²) in [6, 6.07) is 10.7. The molecule has 0 aliphatic carbocycles. The van der Waals surface area contributed by atoms with Crippen molar-refractivity contribution >= 4 is 32.8 Å². The van der Waals surface area contributed by atoms with Crippen molar-refractivity contribution in [2.24, 2.45) is 0 Å². The molecule has 20 heavy (non-hydrogen) atoms. The number of fused-ring (bicyclic) bond motifs is 1. The molecule has 1 aromatic carbocycles. The van der Waals surface area contributed by atoms with Gasteiger partial charge in [0.15, 0.2) is 0 Å². The number of nitrogens with zero attached hydrogens (tertiary/aromatic N) is 1. The average Bonchev–Trinajstić information content (AvgIpc) is 3.01. The van der Waals surface area contributed by atoms with Crippen LogP contribution in [0.25, 0.3) is 20.7 Å². The van der Waals surface area contributed by atoms with Gasteiger partial charge in [0.1, 0.15) is 5.01 Å². The van der Waals surface area contributed by atoms with Crippen molar-refractivity contribution in [1.29, 1.82) is 0 Å². The second-order valence-corrected chi connectivity index (χ2v) is 7.90. The highest BCUT2D eigenvalue weighted by Gasteiger charge is 2.12. The molecule has 0 aliphatic rings. The Morgan fingerprint density at radius 2 is 2.00 bits per heavy atom. The van der Waals surface area contributed by atoms with E-state index in [-0.39, 0.29) is 5.54 Å². The topological polar surface area (TPSA) is 24.9 Å². The third-order valence-corrected chi connectivity index (χ3v) is 4.99. The second kappa shape index (κ2) is 5.28. The van der Waals surface area contributed by atoms with E-state index in [0.29, 0.717) is 0 Å². The second-order valence-electron chi connectivity index (χ2n) is 5.88. The molecule has 104 valence electrons. The zero-order chi connectivity index (χ0) is 14.2. The Morgan fingerprint density at radius 3 is 2.75 bits per heavy atom. The fourth-order valence-corrected chi connectivity index (χ4v) is 3.79. The van der Waals surface area contributed by atoms with Crippen molar-refractivity contribution in [3.63, 3.8) is 0 Å². The van der Waals surface area contributed by atoms with Gasteiger partial charge in [0.05, 0.1) is 10.6 Å². The van der Waals surface area contributed by atoms with Crippen LogP contribution in [0.2, 0.25) is 0 Å². The fraction of sp³-hybridized carbons (Fsp3) is 0.312. The Labute approximate surface area is 127 Å². The van der Waals surface area contributed by atoms with Gasteiger partial charge in [-0.15, -0.1) is 22.7 Å². The normalized spacial score (nSPS) is 12.2. The summed E-state index contributed by atoms with van der Waals surface area (Å²) in [5.74, 6) is 0. The Hall–Kier alpha value is -1.23. The summed E-state index contributed by atoms with van der Waals surface area (Å²) in [7, 11) is 0. The van der Waals surface area contributed by atoms with E-state index in [2.05, 4.69) is 61.8 Å². The lowest BCUT2D eigenvalue weighted by atomic mass is 10.1. The van der Waals surface area contributed by atoms with Crippen LogP contribution in [0.1, 0.15) is 25.8 Å². The predicted octanol–water partition coefficient (Wildman–Crippen LogP) is 4.91. The van der Waals surface area contributed by atoms with Crippen molar-refractivity contribution in [3.8, 4) is 10.6 Å². The van der Waals surface area contributed by atoms with E-state index in [1.807, 2.05) is 11.3 Å². The molecule has 3 rings (SSSR count). The zero-order valence-corrected chi connectivity index (χ0v) is 13.6. The highest BCUT2D eigenvalue weighted by molar-refractivity contribution is 7.22. The van der Waals surface area contributed by atoms with Gasteiger partial charge >= 0.3 is 0 Å². The van der Waals surface area contributed by atoms with E-state index in [9.17, 15) is 0 Å². The van der Waals surface area contributed by atoms with E-state index in [0.717, 1.165) is 17.2 Å². The summed E-state index contributed by atoms with van der Waals surface area (Å²) in [6.45, 7) is 7.35. The smallest absolute Gasteiger partial charge is 0.107 e. The van der Waals surface area contributed by atoms with Gasteiger partial charge in [-0.1, -0.05) is 18.2 Å². The molecule has 4 heteroatoms. The standard InChI is InChI=1S/C16H18N2S2/c1-16(2,3)17-9-15-18-12(10-19-15)14-8-11-6-4-5-7-13(11)20-14/h4-8,10,17H,9H2,1-3H3. The van der Waals surface area contributed by atoms with E-state index in [4.69, 9.17) is 4.98 Å². The molecule has 2 aromatic heterocycles. The number of benzene rings is 1. The zero-order valence-electron chi connectivity index (χ0n) is 11.9. The van der Waals surface area contributed by atoms with Gasteiger partial charge in [-0.3, -0.25) is 0 Å². The lowest BCUT2D eigenvalue weighted by Gasteiger charge is -2.19. The van der Waals surface area contributed by atoms with Crippen LogP contribution in [0.5, 0.6) is 0 Å². The molecular formula is C16H18N2S2. The van der Waals surface area contributed by atoms with Crippen LogP contribution < -0.4 is 5.32 Å². The van der Waals surface area contributed by atoms with Gasteiger partial charge in [-0.25, -0.2) is 4.98 Å². The first-order valence-corrected chi connectivity index (χ1v) is 8.39. The van der Waals surface area contributed by atoms with Crippen LogP contribution in [0.15, 0.2) is 35.7 Å². The van der Waals surface area contributed by atoms with Crippen LogP contribution in [0.3, 0.4) is 0 Å². The molecule has 0 unspecified atom stereocenters. The minimum Gasteiger partial charge on any atom is -0.306 e. The summed E-state index contributed by atoms with van der Waals surface area (Å²) < 4.78 is 1.32. The molecule has 0 saturated heterocycles. The SMILES string of the molecule is CC(C)(C)NCc1nc(-c2cc3ccccc3s2)cs1. The molecule has 0 fully saturated rings. The monoisotopic (exact) mass is 302 g/mol. The van der Waals surface area contributed by atoms with Crippen molar-refractivity contribution < 1.29 is 0 Å². The molecule has 2 nitrogen and oxygen atoms in total. The van der Waals surface area contributed by atoms with Gasteiger partial charge in [-0.2, -0.15) is 0 Å². The predicted molar refractivity (Wildman–Crippen MR) is 89.5 cm³/mol. The maximum Gasteiger partial charge on any atom is 0.107 e. The van der Waals surface area contributed by atoms with E-state index < -0.39 is 0 Å². The number of hydrogen-bond acceptors (Lipinski definition) is 4. The highest BCUT2D eigenvalue weighted by Crippen LogP contribution is 2.33. The maximum absolute atomic E-state index is 4.75. The highest BCUT2D eigenvalue weighted by atomic mass is 32.1. The van der Waals surface area contributed by atoms with Crippen LogP contribution >= 0.6 is 22.7 Å². The Bertz CT molecular complexity index is 686. The van der Waals surface area contributed by atoms with Crippen molar-refractivity contribution in [3.05, 3.63) is 40.7 Å². The molecule has 1 N–H and O–H groups in total. The average molecular weight is 302 g/mol. The first-order chi connectivity index (χ1) is 9.51. The van der Waals surface area contributed by atoms with Crippen LogP contribution in [0, 0.1) is 0 Å². The van der Waals surface area contributed by atoms with Gasteiger partial charge < -0.3 is 5.32 Å². The van der Waals surface area contributed by atoms with Crippen LogP contribution in [0.4, 0.5) is 0 Å². The van der Waals surface area contributed by atoms with Crippen molar-refractivity contribution in [1.82, 2.24) is 10.3 Å². The van der Waals surface area contributed by atoms with Gasteiger partial charge in [-0.05, 0) is 38.3 Å². The number of thiazole rings is 1. The Kier molecular flexibility index (Phi) is 3.63. The number of aromatic nitrogens is 1. The van der Waals surface area contributed by atoms with Crippen LogP contribution in [-0.4, -0.2) is 10.5 Å². The number of thiophene rings is 1. The molecule has 0 atom stereocenters. The largest absolute Gasteiger partial charge is 0.306 e. The molecule has 0 bridgehead atoms. The third kappa shape index (κ3) is 3.08. The molecular weight excluding hydrogens is 284 g/mol. The molecule has 0 radical (unpaired) electrons. The summed E-state index contributed by atoms with van der Waals surface area (Å²) in [5, 5.41) is 8.08. The molecule has 0 saturated carbocycles. The minimum atomic E-state index is 0.128. The van der Waals surface area contributed by atoms with E-state index >= 15 is 0 Å². The maximum atomic E-state index is 4.75. The van der Waals surface area contributed by atoms with Crippen LogP contribution in [-0.2, 0) is 6.54 Å². The van der Waals surface area contributed by atoms with E-state index in [1.54, 1.807) is 11.3 Å². The third-order valence-electron chi connectivity index (χ3n) is 3.00. The number of nitrogens with one attached hydrogen (secondary N) is 1. The molecule has 2 heterocycles. The molecule has 3 aromatic rings. The lowest BCUT2D eigenvalue weighted by Crippen LogP contribution is -2.34. The number of hydrogen-bond donors (Lipinski definition) is 1. The summed E-state index contributed by atoms with van der Waals surface area (Å²) in [6.07, 6.45) is 0. The first-order valence-electron chi connectivity index (χ1n) is 6.70. The van der Waals surface area contributed by atoms with Gasteiger partial charge in [0.25, 0.3) is 0 Å². The van der Waals surface area contributed by atoms with Gasteiger partial charge in [0, 0.05) is 22.2 Å². The quantitative estimate of drug-likeness (QED) is 0.743. The van der Waals surface area contributed by atoms with E-state index in [1.165, 1.54) is 15.0 Å². The molecule has 0 aliphatic heterocycles. The first kappa shape index (κ1) is 13.7. The Balaban J connectivity index is 1.82. The molecule has 0 amide bonds. The summed E-state index contributed by atoms with van der Waals surface area (Å²) in [4.78, 5) is 6.00. The minimum absolute atomic E-state index is 0.128. The van der Waals surface area contributed by atoms with Crippen molar-refractivity contribution in [2.45, 2.75) is 32.9 Å². The lowest BCUT2D eigenvalue weighted by molar-refractivity contribution is 0.424. The summed E-state index contributed by atoms with van der Waals surface area (Å²) in [5.41, 5.74) is 1.23. The summed E-state index contributed by atoms with van der Waals surface area (Å²) >= 11 is 3.54. The Morgan fingerprint density at radius 1 is 1.20 bits per heavy atom. The molecule has 0 spiro atoms.